The molecule has 2 fully saturated rings. The molecule has 2 N–H and O–H groups in total. The zero-order valence-electron chi connectivity index (χ0n) is 18.2. The highest BCUT2D eigenvalue weighted by Gasteiger charge is 2.32. The highest BCUT2D eigenvalue weighted by molar-refractivity contribution is 9.10. The average Bonchev–Trinajstić information content (AvgIpc) is 3.25. The van der Waals surface area contributed by atoms with Crippen LogP contribution in [0.1, 0.15) is 46.7 Å². The number of pyridine rings is 1. The molecule has 33 heavy (non-hydrogen) atoms. The van der Waals surface area contributed by atoms with E-state index in [2.05, 4.69) is 36.4 Å². The van der Waals surface area contributed by atoms with Crippen LogP contribution < -0.4 is 20.3 Å². The highest BCUT2D eigenvalue weighted by atomic mass is 79.9. The standard InChI is InChI=1S/C23H27BrN4O4S/c24-14-10-19-23(25-12-14)32-9-7-28(19)13-17-5-6-20(33-17)22(30)27-18(11-16-2-1-8-31-16)21(29)26-15-3-4-15/h5-6,10,12,15-16,18H,1-4,7-9,11,13H2,(H,26,29)(H,27,30)/t16-,18+/m1/s1. The second-order valence-corrected chi connectivity index (χ2v) is 10.8. The van der Waals surface area contributed by atoms with E-state index in [1.165, 1.54) is 11.3 Å². The monoisotopic (exact) mass is 534 g/mol. The van der Waals surface area contributed by atoms with Gasteiger partial charge in [0.25, 0.3) is 5.91 Å². The maximum absolute atomic E-state index is 13.0. The number of rotatable bonds is 8. The predicted molar refractivity (Wildman–Crippen MR) is 129 cm³/mol. The number of halogens is 1. The maximum Gasteiger partial charge on any atom is 0.262 e. The topological polar surface area (TPSA) is 92.8 Å². The third kappa shape index (κ3) is 5.67. The Morgan fingerprint density at radius 3 is 2.94 bits per heavy atom. The second-order valence-electron chi connectivity index (χ2n) is 8.69. The van der Waals surface area contributed by atoms with Gasteiger partial charge in [-0.25, -0.2) is 4.98 Å². The minimum Gasteiger partial charge on any atom is -0.474 e. The lowest BCUT2D eigenvalue weighted by Crippen LogP contribution is -2.48. The second kappa shape index (κ2) is 9.99. The van der Waals surface area contributed by atoms with Crippen LogP contribution in [0.3, 0.4) is 0 Å². The molecule has 1 saturated heterocycles. The fourth-order valence-corrected chi connectivity index (χ4v) is 5.39. The number of thiophene rings is 1. The molecule has 0 radical (unpaired) electrons. The summed E-state index contributed by atoms with van der Waals surface area (Å²) >= 11 is 4.92. The van der Waals surface area contributed by atoms with E-state index in [1.54, 1.807) is 6.20 Å². The molecule has 5 rings (SSSR count). The number of nitrogens with zero attached hydrogens (tertiary/aromatic N) is 2. The van der Waals surface area contributed by atoms with Gasteiger partial charge in [-0.1, -0.05) is 0 Å². The number of ether oxygens (including phenoxy) is 2. The normalized spacial score (nSPS) is 20.6. The van der Waals surface area contributed by atoms with Gasteiger partial charge in [0.2, 0.25) is 11.8 Å². The van der Waals surface area contributed by atoms with Crippen molar-refractivity contribution in [3.05, 3.63) is 38.6 Å². The first-order valence-electron chi connectivity index (χ1n) is 11.4. The molecule has 1 aliphatic carbocycles. The van der Waals surface area contributed by atoms with Gasteiger partial charge in [0.15, 0.2) is 0 Å². The lowest BCUT2D eigenvalue weighted by molar-refractivity contribution is -0.124. The highest BCUT2D eigenvalue weighted by Crippen LogP contribution is 2.33. The molecule has 1 saturated carbocycles. The average molecular weight is 535 g/mol. The first kappa shape index (κ1) is 22.6. The quantitative estimate of drug-likeness (QED) is 0.540. The Balaban J connectivity index is 1.24. The molecule has 2 aliphatic heterocycles. The summed E-state index contributed by atoms with van der Waals surface area (Å²) in [4.78, 5) is 34.0. The first-order valence-corrected chi connectivity index (χ1v) is 13.0. The van der Waals surface area contributed by atoms with E-state index in [0.29, 0.717) is 30.3 Å². The third-order valence-corrected chi connectivity index (χ3v) is 7.54. The Labute approximate surface area is 205 Å². The summed E-state index contributed by atoms with van der Waals surface area (Å²) in [6, 6.07) is 5.47. The lowest BCUT2D eigenvalue weighted by Gasteiger charge is -2.30. The zero-order chi connectivity index (χ0) is 22.8. The third-order valence-electron chi connectivity index (χ3n) is 6.04. The molecule has 0 spiro atoms. The molecule has 176 valence electrons. The number of aromatic nitrogens is 1. The number of hydrogen-bond acceptors (Lipinski definition) is 7. The summed E-state index contributed by atoms with van der Waals surface area (Å²) in [5.41, 5.74) is 0.934. The summed E-state index contributed by atoms with van der Waals surface area (Å²) < 4.78 is 12.3. The molecule has 0 unspecified atom stereocenters. The summed E-state index contributed by atoms with van der Waals surface area (Å²) in [7, 11) is 0. The molecule has 8 nitrogen and oxygen atoms in total. The predicted octanol–water partition coefficient (Wildman–Crippen LogP) is 3.25. The van der Waals surface area contributed by atoms with Crippen LogP contribution in [0.5, 0.6) is 5.88 Å². The Morgan fingerprint density at radius 1 is 1.27 bits per heavy atom. The molecule has 2 aromatic heterocycles. The molecule has 0 bridgehead atoms. The SMILES string of the molecule is O=C(N[C@@H](C[C@H]1CCCO1)C(=O)NC1CC1)c1ccc(CN2CCOc3ncc(Br)cc32)s1. The minimum atomic E-state index is -0.582. The Bertz CT molecular complexity index is 1020. The molecule has 0 aromatic carbocycles. The molecule has 2 amide bonds. The van der Waals surface area contributed by atoms with Gasteiger partial charge >= 0.3 is 0 Å². The summed E-state index contributed by atoms with van der Waals surface area (Å²) in [6.07, 6.45) is 6.21. The number of nitrogens with one attached hydrogen (secondary N) is 2. The Kier molecular flexibility index (Phi) is 6.84. The molecule has 2 atom stereocenters. The van der Waals surface area contributed by atoms with Crippen LogP contribution in [-0.2, 0) is 16.1 Å². The van der Waals surface area contributed by atoms with Crippen LogP contribution in [0.2, 0.25) is 0 Å². The summed E-state index contributed by atoms with van der Waals surface area (Å²) in [5, 5.41) is 5.99. The van der Waals surface area contributed by atoms with Crippen molar-refractivity contribution in [2.75, 3.05) is 24.7 Å². The number of amides is 2. The van der Waals surface area contributed by atoms with Crippen LogP contribution in [0, 0.1) is 0 Å². The van der Waals surface area contributed by atoms with Crippen LogP contribution in [0.25, 0.3) is 0 Å². The van der Waals surface area contributed by atoms with Gasteiger partial charge in [0, 0.05) is 34.6 Å². The van der Waals surface area contributed by atoms with E-state index in [1.807, 2.05) is 18.2 Å². The number of anilines is 1. The summed E-state index contributed by atoms with van der Waals surface area (Å²) in [6.45, 7) is 2.70. The molecule has 2 aromatic rings. The van der Waals surface area contributed by atoms with E-state index < -0.39 is 6.04 Å². The maximum atomic E-state index is 13.0. The van der Waals surface area contributed by atoms with Crippen molar-refractivity contribution in [1.82, 2.24) is 15.6 Å². The molecule has 10 heteroatoms. The van der Waals surface area contributed by atoms with Gasteiger partial charge < -0.3 is 25.0 Å². The smallest absolute Gasteiger partial charge is 0.262 e. The Morgan fingerprint density at radius 2 is 2.15 bits per heavy atom. The molecular formula is C23H27BrN4O4S. The minimum absolute atomic E-state index is 0.0217. The van der Waals surface area contributed by atoms with Crippen molar-refractivity contribution < 1.29 is 19.1 Å². The van der Waals surface area contributed by atoms with Gasteiger partial charge in [0.05, 0.1) is 24.1 Å². The van der Waals surface area contributed by atoms with Gasteiger partial charge in [0.1, 0.15) is 18.3 Å². The van der Waals surface area contributed by atoms with Crippen LogP contribution >= 0.6 is 27.3 Å². The van der Waals surface area contributed by atoms with E-state index in [9.17, 15) is 9.59 Å². The van der Waals surface area contributed by atoms with E-state index in [0.717, 1.165) is 53.9 Å². The number of fused-ring (bicyclic) bond motifs is 1. The van der Waals surface area contributed by atoms with Crippen molar-refractivity contribution in [2.45, 2.75) is 56.8 Å². The fourth-order valence-electron chi connectivity index (χ4n) is 4.15. The number of carbonyl (C=O) groups excluding carboxylic acids is 2. The molecule has 4 heterocycles. The van der Waals surface area contributed by atoms with Crippen molar-refractivity contribution in [3.63, 3.8) is 0 Å². The summed E-state index contributed by atoms with van der Waals surface area (Å²) in [5.74, 6) is 0.297. The fraction of sp³-hybridized carbons (Fsp3) is 0.522. The van der Waals surface area contributed by atoms with Crippen LogP contribution in [0.4, 0.5) is 5.69 Å². The van der Waals surface area contributed by atoms with Gasteiger partial charge in [-0.15, -0.1) is 11.3 Å². The van der Waals surface area contributed by atoms with Crippen molar-refractivity contribution in [1.29, 1.82) is 0 Å². The van der Waals surface area contributed by atoms with E-state index >= 15 is 0 Å². The van der Waals surface area contributed by atoms with Gasteiger partial charge in [-0.3, -0.25) is 9.59 Å². The van der Waals surface area contributed by atoms with Crippen LogP contribution in [0.15, 0.2) is 28.9 Å². The number of carbonyl (C=O) groups is 2. The zero-order valence-corrected chi connectivity index (χ0v) is 20.6. The van der Waals surface area contributed by atoms with Crippen molar-refractivity contribution in [3.8, 4) is 5.88 Å². The Hall–Kier alpha value is -2.17. The largest absolute Gasteiger partial charge is 0.474 e. The van der Waals surface area contributed by atoms with E-state index in [-0.39, 0.29) is 24.0 Å². The molecule has 3 aliphatic rings. The first-order chi connectivity index (χ1) is 16.0. The number of hydrogen-bond donors (Lipinski definition) is 2. The van der Waals surface area contributed by atoms with Crippen molar-refractivity contribution >= 4 is 44.8 Å². The lowest BCUT2D eigenvalue weighted by atomic mass is 10.1. The van der Waals surface area contributed by atoms with Gasteiger partial charge in [-0.05, 0) is 59.8 Å². The van der Waals surface area contributed by atoms with Crippen LogP contribution in [-0.4, -0.2) is 54.7 Å². The van der Waals surface area contributed by atoms with Gasteiger partial charge in [-0.2, -0.15) is 0 Å². The van der Waals surface area contributed by atoms with E-state index in [4.69, 9.17) is 9.47 Å². The molecular weight excluding hydrogens is 508 g/mol. The van der Waals surface area contributed by atoms with Crippen molar-refractivity contribution in [2.24, 2.45) is 0 Å².